The quantitative estimate of drug-likeness (QED) is 0.747. The van der Waals surface area contributed by atoms with Crippen molar-refractivity contribution >= 4 is 17.7 Å². The number of rotatable bonds is 2. The van der Waals surface area contributed by atoms with E-state index in [0.29, 0.717) is 0 Å². The van der Waals surface area contributed by atoms with E-state index in [2.05, 4.69) is 0 Å². The van der Waals surface area contributed by atoms with Crippen LogP contribution in [0.4, 0.5) is 0 Å². The van der Waals surface area contributed by atoms with Crippen LogP contribution in [0.25, 0.3) is 0 Å². The molecule has 2 atom stereocenters. The highest BCUT2D eigenvalue weighted by atomic mass is 32.2. The summed E-state index contributed by atoms with van der Waals surface area (Å²) in [4.78, 5) is 13.9. The third kappa shape index (κ3) is 3.17. The third-order valence-corrected chi connectivity index (χ3v) is 3.76. The molecular formula is C10H20N2OS. The topological polar surface area (TPSA) is 46.3 Å². The number of hydrogen-bond donors (Lipinski definition) is 1. The number of thioether (sulfide) groups is 1. The van der Waals surface area contributed by atoms with Crippen molar-refractivity contribution in [2.45, 2.75) is 26.3 Å². The highest BCUT2D eigenvalue weighted by Gasteiger charge is 2.23. The van der Waals surface area contributed by atoms with Gasteiger partial charge in [-0.1, -0.05) is 6.92 Å². The summed E-state index contributed by atoms with van der Waals surface area (Å²) in [7, 11) is 0. The summed E-state index contributed by atoms with van der Waals surface area (Å²) in [5.41, 5.74) is 5.73. The first kappa shape index (κ1) is 11.9. The zero-order chi connectivity index (χ0) is 10.6. The predicted octanol–water partition coefficient (Wildman–Crippen LogP) is 0.935. The van der Waals surface area contributed by atoms with Crippen LogP contribution in [0.2, 0.25) is 0 Å². The molecule has 2 N–H and O–H groups in total. The maximum Gasteiger partial charge on any atom is 0.226 e. The molecule has 0 aromatic carbocycles. The molecule has 1 amide bonds. The minimum absolute atomic E-state index is 0.0431. The monoisotopic (exact) mass is 216 g/mol. The lowest BCUT2D eigenvalue weighted by atomic mass is 10.0. The van der Waals surface area contributed by atoms with Crippen molar-refractivity contribution < 1.29 is 4.79 Å². The van der Waals surface area contributed by atoms with E-state index >= 15 is 0 Å². The van der Waals surface area contributed by atoms with Gasteiger partial charge in [0.25, 0.3) is 0 Å². The molecule has 3 nitrogen and oxygen atoms in total. The lowest BCUT2D eigenvalue weighted by Gasteiger charge is -2.25. The van der Waals surface area contributed by atoms with Gasteiger partial charge in [0.05, 0.1) is 5.92 Å². The van der Waals surface area contributed by atoms with Gasteiger partial charge in [-0.3, -0.25) is 4.79 Å². The van der Waals surface area contributed by atoms with Crippen molar-refractivity contribution in [1.29, 1.82) is 0 Å². The Morgan fingerprint density at radius 3 is 2.71 bits per heavy atom. The van der Waals surface area contributed by atoms with Crippen LogP contribution in [-0.2, 0) is 4.79 Å². The fourth-order valence-corrected chi connectivity index (χ4v) is 2.37. The smallest absolute Gasteiger partial charge is 0.226 e. The molecule has 2 unspecified atom stereocenters. The van der Waals surface area contributed by atoms with Gasteiger partial charge in [0.2, 0.25) is 5.91 Å². The Kier molecular flexibility index (Phi) is 4.75. The first-order chi connectivity index (χ1) is 6.63. The maximum atomic E-state index is 11.9. The normalized spacial score (nSPS) is 22.6. The molecule has 14 heavy (non-hydrogen) atoms. The van der Waals surface area contributed by atoms with Crippen LogP contribution in [-0.4, -0.2) is 41.4 Å². The molecule has 1 aliphatic rings. The lowest BCUT2D eigenvalue weighted by molar-refractivity contribution is -0.135. The van der Waals surface area contributed by atoms with Crippen molar-refractivity contribution in [3.63, 3.8) is 0 Å². The summed E-state index contributed by atoms with van der Waals surface area (Å²) in [6.45, 7) is 5.61. The van der Waals surface area contributed by atoms with E-state index in [1.54, 1.807) is 0 Å². The van der Waals surface area contributed by atoms with E-state index < -0.39 is 0 Å². The SMILES string of the molecule is CC(N)C(C)C(=O)N1CCCSCC1. The van der Waals surface area contributed by atoms with Gasteiger partial charge >= 0.3 is 0 Å². The number of hydrogen-bond acceptors (Lipinski definition) is 3. The van der Waals surface area contributed by atoms with Gasteiger partial charge in [0, 0.05) is 24.9 Å². The van der Waals surface area contributed by atoms with E-state index in [4.69, 9.17) is 5.73 Å². The van der Waals surface area contributed by atoms with Crippen LogP contribution in [0.1, 0.15) is 20.3 Å². The van der Waals surface area contributed by atoms with Gasteiger partial charge in [-0.15, -0.1) is 0 Å². The summed E-state index contributed by atoms with van der Waals surface area (Å²) < 4.78 is 0. The van der Waals surface area contributed by atoms with Crippen LogP contribution < -0.4 is 5.73 Å². The van der Waals surface area contributed by atoms with Gasteiger partial charge < -0.3 is 10.6 Å². The lowest BCUT2D eigenvalue weighted by Crippen LogP contribution is -2.42. The fraction of sp³-hybridized carbons (Fsp3) is 0.900. The van der Waals surface area contributed by atoms with Crippen molar-refractivity contribution in [3.8, 4) is 0 Å². The van der Waals surface area contributed by atoms with Gasteiger partial charge in [-0.2, -0.15) is 11.8 Å². The zero-order valence-electron chi connectivity index (χ0n) is 9.03. The molecule has 0 saturated carbocycles. The molecule has 1 rings (SSSR count). The van der Waals surface area contributed by atoms with E-state index in [1.165, 1.54) is 5.75 Å². The van der Waals surface area contributed by atoms with Crippen LogP contribution >= 0.6 is 11.8 Å². The Bertz CT molecular complexity index is 189. The van der Waals surface area contributed by atoms with E-state index in [9.17, 15) is 4.79 Å². The second kappa shape index (κ2) is 5.61. The number of nitrogens with zero attached hydrogens (tertiary/aromatic N) is 1. The highest BCUT2D eigenvalue weighted by Crippen LogP contribution is 2.13. The minimum atomic E-state index is -0.0434. The predicted molar refractivity (Wildman–Crippen MR) is 61.3 cm³/mol. The molecule has 1 heterocycles. The average molecular weight is 216 g/mol. The molecule has 0 aromatic heterocycles. The molecule has 1 aliphatic heterocycles. The minimum Gasteiger partial charge on any atom is -0.342 e. The standard InChI is InChI=1S/C10H20N2OS/c1-8(9(2)11)10(13)12-4-3-6-14-7-5-12/h8-9H,3-7,11H2,1-2H3. The molecule has 1 fully saturated rings. The Hall–Kier alpha value is -0.220. The Morgan fingerprint density at radius 1 is 1.36 bits per heavy atom. The van der Waals surface area contributed by atoms with Crippen molar-refractivity contribution in [2.24, 2.45) is 11.7 Å². The molecule has 0 bridgehead atoms. The summed E-state index contributed by atoms with van der Waals surface area (Å²) >= 11 is 1.93. The molecule has 0 aliphatic carbocycles. The summed E-state index contributed by atoms with van der Waals surface area (Å²) in [5.74, 6) is 2.42. The van der Waals surface area contributed by atoms with Gasteiger partial charge in [0.15, 0.2) is 0 Å². The fourth-order valence-electron chi connectivity index (χ4n) is 1.48. The van der Waals surface area contributed by atoms with E-state index in [0.717, 1.165) is 25.3 Å². The molecule has 82 valence electrons. The van der Waals surface area contributed by atoms with Crippen LogP contribution in [0, 0.1) is 5.92 Å². The Morgan fingerprint density at radius 2 is 2.07 bits per heavy atom. The Balaban J connectivity index is 2.49. The number of carbonyl (C=O) groups excluding carboxylic acids is 1. The second-order valence-electron chi connectivity index (χ2n) is 3.94. The van der Waals surface area contributed by atoms with E-state index in [1.807, 2.05) is 30.5 Å². The third-order valence-electron chi connectivity index (χ3n) is 2.71. The average Bonchev–Trinajstić information content (AvgIpc) is 2.43. The number of nitrogens with two attached hydrogens (primary N) is 1. The number of amides is 1. The molecular weight excluding hydrogens is 196 g/mol. The molecule has 0 aromatic rings. The zero-order valence-corrected chi connectivity index (χ0v) is 9.85. The Labute approximate surface area is 90.4 Å². The maximum absolute atomic E-state index is 11.9. The van der Waals surface area contributed by atoms with Crippen LogP contribution in [0.5, 0.6) is 0 Å². The summed E-state index contributed by atoms with van der Waals surface area (Å²) in [6, 6.07) is -0.0431. The van der Waals surface area contributed by atoms with Crippen molar-refractivity contribution in [3.05, 3.63) is 0 Å². The highest BCUT2D eigenvalue weighted by molar-refractivity contribution is 7.99. The van der Waals surface area contributed by atoms with Crippen molar-refractivity contribution in [1.82, 2.24) is 4.90 Å². The van der Waals surface area contributed by atoms with Crippen molar-refractivity contribution in [2.75, 3.05) is 24.6 Å². The second-order valence-corrected chi connectivity index (χ2v) is 5.16. The first-order valence-electron chi connectivity index (χ1n) is 5.25. The van der Waals surface area contributed by atoms with Gasteiger partial charge in [-0.05, 0) is 19.1 Å². The molecule has 0 spiro atoms. The largest absolute Gasteiger partial charge is 0.342 e. The molecule has 4 heteroatoms. The van der Waals surface area contributed by atoms with E-state index in [-0.39, 0.29) is 17.9 Å². The number of carbonyl (C=O) groups is 1. The van der Waals surface area contributed by atoms with Gasteiger partial charge in [0.1, 0.15) is 0 Å². The van der Waals surface area contributed by atoms with Gasteiger partial charge in [-0.25, -0.2) is 0 Å². The molecule has 1 saturated heterocycles. The van der Waals surface area contributed by atoms with Crippen LogP contribution in [0.3, 0.4) is 0 Å². The summed E-state index contributed by atoms with van der Waals surface area (Å²) in [6.07, 6.45) is 1.11. The van der Waals surface area contributed by atoms with Crippen LogP contribution in [0.15, 0.2) is 0 Å². The summed E-state index contributed by atoms with van der Waals surface area (Å²) in [5, 5.41) is 0. The molecule has 0 radical (unpaired) electrons. The first-order valence-corrected chi connectivity index (χ1v) is 6.40.